The lowest BCUT2D eigenvalue weighted by Crippen LogP contribution is -2.35. The highest BCUT2D eigenvalue weighted by molar-refractivity contribution is 7.92. The van der Waals surface area contributed by atoms with Crippen molar-refractivity contribution in [1.29, 1.82) is 0 Å². The zero-order chi connectivity index (χ0) is 24.6. The number of carbonyl (C=O) groups excluding carboxylic acids is 2. The van der Waals surface area contributed by atoms with Gasteiger partial charge in [-0.25, -0.2) is 17.5 Å². The molecule has 0 aliphatic carbocycles. The van der Waals surface area contributed by atoms with Gasteiger partial charge in [-0.3, -0.25) is 9.48 Å². The molecular weight excluding hydrogens is 483 g/mol. The van der Waals surface area contributed by atoms with Crippen molar-refractivity contribution in [3.05, 3.63) is 58.6 Å². The van der Waals surface area contributed by atoms with Crippen molar-refractivity contribution in [3.63, 3.8) is 0 Å². The molecule has 0 saturated carbocycles. The van der Waals surface area contributed by atoms with Crippen molar-refractivity contribution in [2.45, 2.75) is 13.1 Å². The molecule has 0 aliphatic rings. The third-order valence-corrected chi connectivity index (χ3v) is 6.48. The van der Waals surface area contributed by atoms with Gasteiger partial charge in [0.15, 0.2) is 0 Å². The standard InChI is InChI=1S/C20H18F3N3O5S2/c1-4-31-19(28)12-6-5-7-13(10-12)26(33(3,29)30)18(27)16-9-8-15(32-16)14-11-17(20(21,22)23)25(2)24-14/h5-11H,4H2,1-3H3. The minimum Gasteiger partial charge on any atom is -0.462 e. The average molecular weight is 502 g/mol. The predicted octanol–water partition coefficient (Wildman–Crippen LogP) is 3.95. The highest BCUT2D eigenvalue weighted by atomic mass is 32.2. The van der Waals surface area contributed by atoms with E-state index in [1.807, 2.05) is 0 Å². The summed E-state index contributed by atoms with van der Waals surface area (Å²) in [5.41, 5.74) is -1.01. The van der Waals surface area contributed by atoms with E-state index in [4.69, 9.17) is 4.74 Å². The van der Waals surface area contributed by atoms with Crippen LogP contribution < -0.4 is 4.31 Å². The van der Waals surface area contributed by atoms with Crippen LogP contribution in [-0.4, -0.2) is 42.9 Å². The summed E-state index contributed by atoms with van der Waals surface area (Å²) in [6, 6.07) is 8.89. The number of alkyl halides is 3. The van der Waals surface area contributed by atoms with E-state index in [1.54, 1.807) is 6.92 Å². The summed E-state index contributed by atoms with van der Waals surface area (Å²) < 4.78 is 70.2. The lowest BCUT2D eigenvalue weighted by Gasteiger charge is -2.20. The van der Waals surface area contributed by atoms with Crippen molar-refractivity contribution in [1.82, 2.24) is 9.78 Å². The molecule has 0 bridgehead atoms. The number of ether oxygens (including phenoxy) is 1. The molecule has 3 rings (SSSR count). The first-order valence-corrected chi connectivity index (χ1v) is 12.0. The monoisotopic (exact) mass is 501 g/mol. The maximum atomic E-state index is 13.1. The number of amides is 1. The van der Waals surface area contributed by atoms with Gasteiger partial charge in [0.05, 0.1) is 33.9 Å². The fourth-order valence-electron chi connectivity index (χ4n) is 2.98. The molecular formula is C20H18F3N3O5S2. The molecule has 1 aromatic carbocycles. The van der Waals surface area contributed by atoms with Crippen molar-refractivity contribution in [2.24, 2.45) is 7.05 Å². The Labute approximate surface area is 191 Å². The van der Waals surface area contributed by atoms with Gasteiger partial charge in [0.25, 0.3) is 5.91 Å². The zero-order valence-corrected chi connectivity index (χ0v) is 19.2. The Hall–Kier alpha value is -3.19. The van der Waals surface area contributed by atoms with E-state index in [1.165, 1.54) is 36.4 Å². The van der Waals surface area contributed by atoms with E-state index in [9.17, 15) is 31.2 Å². The Morgan fingerprint density at radius 2 is 1.88 bits per heavy atom. The zero-order valence-electron chi connectivity index (χ0n) is 17.6. The number of esters is 1. The average Bonchev–Trinajstić information content (AvgIpc) is 3.34. The number of halogens is 3. The molecule has 8 nitrogen and oxygen atoms in total. The van der Waals surface area contributed by atoms with Crippen LogP contribution in [0.2, 0.25) is 0 Å². The second-order valence-electron chi connectivity index (χ2n) is 6.80. The Morgan fingerprint density at radius 1 is 1.18 bits per heavy atom. The van der Waals surface area contributed by atoms with Crippen molar-refractivity contribution < 1.29 is 35.9 Å². The highest BCUT2D eigenvalue weighted by Gasteiger charge is 2.35. The van der Waals surface area contributed by atoms with E-state index in [-0.39, 0.29) is 33.3 Å². The second-order valence-corrected chi connectivity index (χ2v) is 9.72. The number of thiophene rings is 1. The summed E-state index contributed by atoms with van der Waals surface area (Å²) in [7, 11) is -2.98. The Morgan fingerprint density at radius 3 is 2.45 bits per heavy atom. The van der Waals surface area contributed by atoms with Gasteiger partial charge >= 0.3 is 12.1 Å². The van der Waals surface area contributed by atoms with E-state index < -0.39 is 33.8 Å². The Balaban J connectivity index is 1.99. The van der Waals surface area contributed by atoms with Crippen molar-refractivity contribution in [3.8, 4) is 10.6 Å². The van der Waals surface area contributed by atoms with Crippen LogP contribution in [0.3, 0.4) is 0 Å². The minimum absolute atomic E-state index is 0.0101. The summed E-state index contributed by atoms with van der Waals surface area (Å²) >= 11 is 0.794. The van der Waals surface area contributed by atoms with Crippen LogP contribution in [-0.2, 0) is 28.0 Å². The summed E-state index contributed by atoms with van der Waals surface area (Å²) in [6.45, 7) is 1.72. The lowest BCUT2D eigenvalue weighted by molar-refractivity contribution is -0.143. The number of anilines is 1. The normalized spacial score (nSPS) is 11.9. The second kappa shape index (κ2) is 8.98. The fourth-order valence-corrected chi connectivity index (χ4v) is 4.82. The number of benzene rings is 1. The Bertz CT molecular complexity index is 1310. The number of rotatable bonds is 6. The third kappa shape index (κ3) is 5.25. The van der Waals surface area contributed by atoms with Gasteiger partial charge < -0.3 is 4.74 Å². The van der Waals surface area contributed by atoms with Crippen LogP contribution in [0.4, 0.5) is 18.9 Å². The predicted molar refractivity (Wildman–Crippen MR) is 116 cm³/mol. The molecule has 13 heteroatoms. The minimum atomic E-state index is -4.60. The van der Waals surface area contributed by atoms with Crippen molar-refractivity contribution in [2.75, 3.05) is 17.2 Å². The third-order valence-electron chi connectivity index (χ3n) is 4.35. The van der Waals surface area contributed by atoms with Gasteiger partial charge in [-0.2, -0.15) is 18.3 Å². The van der Waals surface area contributed by atoms with Gasteiger partial charge in [-0.15, -0.1) is 11.3 Å². The molecule has 0 spiro atoms. The van der Waals surface area contributed by atoms with Crippen LogP contribution in [0.5, 0.6) is 0 Å². The molecule has 2 heterocycles. The molecule has 176 valence electrons. The molecule has 1 amide bonds. The van der Waals surface area contributed by atoms with Crippen LogP contribution in [0.15, 0.2) is 42.5 Å². The van der Waals surface area contributed by atoms with Crippen LogP contribution in [0.25, 0.3) is 10.6 Å². The quantitative estimate of drug-likeness (QED) is 0.475. The van der Waals surface area contributed by atoms with Crippen LogP contribution in [0.1, 0.15) is 32.6 Å². The first-order valence-electron chi connectivity index (χ1n) is 9.36. The summed E-state index contributed by atoms with van der Waals surface area (Å²) in [4.78, 5) is 25.3. The largest absolute Gasteiger partial charge is 0.462 e. The van der Waals surface area contributed by atoms with Gasteiger partial charge in [0.2, 0.25) is 10.0 Å². The summed E-state index contributed by atoms with van der Waals surface area (Å²) in [5.74, 6) is -1.61. The number of hydrogen-bond donors (Lipinski definition) is 0. The summed E-state index contributed by atoms with van der Waals surface area (Å²) in [6.07, 6.45) is -3.78. The SMILES string of the molecule is CCOC(=O)c1cccc(N(C(=O)c2ccc(-c3cc(C(F)(F)F)n(C)n3)s2)S(C)(=O)=O)c1. The molecule has 2 aromatic heterocycles. The van der Waals surface area contributed by atoms with Crippen LogP contribution >= 0.6 is 11.3 Å². The molecule has 33 heavy (non-hydrogen) atoms. The van der Waals surface area contributed by atoms with Crippen molar-refractivity contribution >= 4 is 38.9 Å². The van der Waals surface area contributed by atoms with E-state index >= 15 is 0 Å². The smallest absolute Gasteiger partial charge is 0.433 e. The van der Waals surface area contributed by atoms with E-state index in [0.29, 0.717) is 8.99 Å². The number of sulfonamides is 1. The Kier molecular flexibility index (Phi) is 6.65. The molecule has 0 saturated heterocycles. The molecule has 0 unspecified atom stereocenters. The number of aromatic nitrogens is 2. The molecule has 0 atom stereocenters. The number of nitrogens with zero attached hydrogens (tertiary/aromatic N) is 3. The molecule has 0 aliphatic heterocycles. The van der Waals surface area contributed by atoms with E-state index in [0.717, 1.165) is 30.7 Å². The number of hydrogen-bond acceptors (Lipinski definition) is 7. The van der Waals surface area contributed by atoms with Gasteiger partial charge in [0.1, 0.15) is 11.4 Å². The maximum absolute atomic E-state index is 13.1. The molecule has 0 N–H and O–H groups in total. The first-order chi connectivity index (χ1) is 15.3. The molecule has 0 fully saturated rings. The van der Waals surface area contributed by atoms with Gasteiger partial charge in [-0.1, -0.05) is 6.07 Å². The maximum Gasteiger partial charge on any atom is 0.433 e. The highest BCUT2D eigenvalue weighted by Crippen LogP contribution is 2.35. The van der Waals surface area contributed by atoms with E-state index in [2.05, 4.69) is 5.10 Å². The van der Waals surface area contributed by atoms with Crippen LogP contribution in [0, 0.1) is 0 Å². The first kappa shape index (κ1) is 24.5. The topological polar surface area (TPSA) is 98.6 Å². The fraction of sp³-hybridized carbons (Fsp3) is 0.250. The summed E-state index contributed by atoms with van der Waals surface area (Å²) in [5, 5.41) is 3.83. The number of aryl methyl sites for hydroxylation is 1. The number of carbonyl (C=O) groups is 2. The van der Waals surface area contributed by atoms with Gasteiger partial charge in [-0.05, 0) is 43.3 Å². The lowest BCUT2D eigenvalue weighted by atomic mass is 10.2. The molecule has 0 radical (unpaired) electrons. The van der Waals surface area contributed by atoms with Gasteiger partial charge in [0, 0.05) is 7.05 Å². The molecule has 3 aromatic rings.